The van der Waals surface area contributed by atoms with E-state index in [0.29, 0.717) is 6.73 Å². The van der Waals surface area contributed by atoms with Gasteiger partial charge < -0.3 is 4.74 Å². The van der Waals surface area contributed by atoms with E-state index in [0.717, 1.165) is 11.6 Å². The first kappa shape index (κ1) is 6.27. The second-order valence-corrected chi connectivity index (χ2v) is 3.05. The Bertz CT molecular complexity index is 194. The predicted octanol–water partition coefficient (Wildman–Crippen LogP) is 0.761. The maximum Gasteiger partial charge on any atom is 0.123 e. The van der Waals surface area contributed by atoms with Gasteiger partial charge in [0.2, 0.25) is 0 Å². The predicted molar refractivity (Wildman–Crippen MR) is 38.8 cm³/mol. The zero-order chi connectivity index (χ0) is 6.81. The number of ether oxygens (including phenoxy) is 1. The van der Waals surface area contributed by atoms with Crippen molar-refractivity contribution in [2.75, 3.05) is 13.3 Å². The lowest BCUT2D eigenvalue weighted by atomic mass is 10.4. The zero-order valence-corrected chi connectivity index (χ0v) is 6.23. The zero-order valence-electron chi connectivity index (χ0n) is 5.41. The molecule has 0 bridgehead atoms. The van der Waals surface area contributed by atoms with Gasteiger partial charge in [-0.05, 0) is 0 Å². The van der Waals surface area contributed by atoms with Crippen molar-refractivity contribution in [3.8, 4) is 0 Å². The second kappa shape index (κ2) is 2.65. The Balaban J connectivity index is 2.12. The van der Waals surface area contributed by atoms with E-state index in [4.69, 9.17) is 4.74 Å². The smallest absolute Gasteiger partial charge is 0.123 e. The first-order chi connectivity index (χ1) is 4.97. The van der Waals surface area contributed by atoms with E-state index >= 15 is 0 Å². The summed E-state index contributed by atoms with van der Waals surface area (Å²) in [6.07, 6.45) is 2.00. The third-order valence-electron chi connectivity index (χ3n) is 1.44. The molecule has 1 N–H and O–H groups in total. The Labute approximate surface area is 63.0 Å². The molecule has 0 amide bonds. The van der Waals surface area contributed by atoms with Crippen LogP contribution in [-0.4, -0.2) is 18.3 Å². The highest BCUT2D eigenvalue weighted by atomic mass is 32.1. The molecule has 0 radical (unpaired) electrons. The third-order valence-corrected chi connectivity index (χ3v) is 2.31. The van der Waals surface area contributed by atoms with Crippen LogP contribution in [0, 0.1) is 0 Å². The van der Waals surface area contributed by atoms with Gasteiger partial charge in [0.05, 0.1) is 6.73 Å². The van der Waals surface area contributed by atoms with Gasteiger partial charge in [0.1, 0.15) is 11.1 Å². The Hall–Kier alpha value is -0.450. The molecule has 1 aliphatic rings. The molecule has 1 aromatic rings. The number of nitrogens with one attached hydrogen (secondary N) is 1. The van der Waals surface area contributed by atoms with Gasteiger partial charge in [-0.1, -0.05) is 0 Å². The second-order valence-electron chi connectivity index (χ2n) is 2.12. The van der Waals surface area contributed by atoms with E-state index in [1.165, 1.54) is 0 Å². The molecule has 1 aliphatic heterocycles. The summed E-state index contributed by atoms with van der Waals surface area (Å²) in [6, 6.07) is 0. The van der Waals surface area contributed by atoms with Crippen LogP contribution in [0.4, 0.5) is 0 Å². The summed E-state index contributed by atoms with van der Waals surface area (Å²) < 4.78 is 5.33. The van der Waals surface area contributed by atoms with Crippen LogP contribution in [0.15, 0.2) is 11.6 Å². The summed E-state index contributed by atoms with van der Waals surface area (Å²) >= 11 is 1.64. The lowest BCUT2D eigenvalue weighted by Crippen LogP contribution is -2.07. The molecule has 1 fully saturated rings. The van der Waals surface area contributed by atoms with Gasteiger partial charge in [-0.2, -0.15) is 0 Å². The number of hydrogen-bond acceptors (Lipinski definition) is 4. The maximum atomic E-state index is 5.33. The van der Waals surface area contributed by atoms with E-state index in [2.05, 4.69) is 10.3 Å². The molecule has 2 rings (SSSR count). The van der Waals surface area contributed by atoms with Crippen molar-refractivity contribution < 1.29 is 4.74 Å². The van der Waals surface area contributed by atoms with Gasteiger partial charge in [0, 0.05) is 18.1 Å². The lowest BCUT2D eigenvalue weighted by Gasteiger charge is -2.01. The minimum Gasteiger partial charge on any atom is -0.355 e. The molecule has 2 heterocycles. The van der Waals surface area contributed by atoms with Crippen LogP contribution in [0.3, 0.4) is 0 Å². The molecular weight excluding hydrogens is 148 g/mol. The monoisotopic (exact) mass is 156 g/mol. The summed E-state index contributed by atoms with van der Waals surface area (Å²) in [5.74, 6) is 0. The molecule has 0 aromatic carbocycles. The Kier molecular flexibility index (Phi) is 1.66. The Morgan fingerprint density at radius 1 is 1.80 bits per heavy atom. The van der Waals surface area contributed by atoms with Crippen molar-refractivity contribution in [1.82, 2.24) is 10.3 Å². The van der Waals surface area contributed by atoms with Crippen molar-refractivity contribution in [2.45, 2.75) is 6.10 Å². The van der Waals surface area contributed by atoms with Crippen LogP contribution in [-0.2, 0) is 4.74 Å². The fourth-order valence-electron chi connectivity index (χ4n) is 0.961. The van der Waals surface area contributed by atoms with Crippen molar-refractivity contribution >= 4 is 11.3 Å². The van der Waals surface area contributed by atoms with Crippen LogP contribution in [0.2, 0.25) is 0 Å². The molecule has 10 heavy (non-hydrogen) atoms. The van der Waals surface area contributed by atoms with Gasteiger partial charge in [0.25, 0.3) is 0 Å². The molecular formula is C6H8N2OS. The first-order valence-electron chi connectivity index (χ1n) is 3.18. The highest BCUT2D eigenvalue weighted by Crippen LogP contribution is 2.20. The largest absolute Gasteiger partial charge is 0.355 e. The van der Waals surface area contributed by atoms with Gasteiger partial charge in [-0.25, -0.2) is 4.98 Å². The highest BCUT2D eigenvalue weighted by molar-refractivity contribution is 7.09. The average molecular weight is 156 g/mol. The van der Waals surface area contributed by atoms with E-state index in [1.54, 1.807) is 11.3 Å². The van der Waals surface area contributed by atoms with Crippen molar-refractivity contribution in [3.05, 3.63) is 16.6 Å². The van der Waals surface area contributed by atoms with Crippen LogP contribution < -0.4 is 5.32 Å². The van der Waals surface area contributed by atoms with E-state index < -0.39 is 0 Å². The van der Waals surface area contributed by atoms with Crippen molar-refractivity contribution in [3.63, 3.8) is 0 Å². The molecule has 0 aliphatic carbocycles. The van der Waals surface area contributed by atoms with Crippen molar-refractivity contribution in [2.24, 2.45) is 0 Å². The van der Waals surface area contributed by atoms with Gasteiger partial charge in [-0.3, -0.25) is 5.32 Å². The molecule has 0 saturated carbocycles. The number of thiazole rings is 1. The SMILES string of the molecule is c1csc(C2CNCO2)n1. The molecule has 3 nitrogen and oxygen atoms in total. The first-order valence-corrected chi connectivity index (χ1v) is 4.06. The highest BCUT2D eigenvalue weighted by Gasteiger charge is 2.18. The third kappa shape index (κ3) is 1.05. The fraction of sp³-hybridized carbons (Fsp3) is 0.500. The number of hydrogen-bond donors (Lipinski definition) is 1. The molecule has 1 saturated heterocycles. The van der Waals surface area contributed by atoms with Gasteiger partial charge in [0.15, 0.2) is 0 Å². The van der Waals surface area contributed by atoms with E-state index in [1.807, 2.05) is 11.6 Å². The summed E-state index contributed by atoms with van der Waals surface area (Å²) in [7, 11) is 0. The maximum absolute atomic E-state index is 5.33. The van der Waals surface area contributed by atoms with Gasteiger partial charge in [-0.15, -0.1) is 11.3 Å². The van der Waals surface area contributed by atoms with Crippen LogP contribution in [0.5, 0.6) is 0 Å². The van der Waals surface area contributed by atoms with E-state index in [-0.39, 0.29) is 6.10 Å². The molecule has 1 unspecified atom stereocenters. The average Bonchev–Trinajstić information content (AvgIpc) is 2.59. The molecule has 0 spiro atoms. The molecule has 4 heteroatoms. The standard InChI is InChI=1S/C6H8N2OS/c1-2-10-6(8-1)5-3-7-4-9-5/h1-2,5,7H,3-4H2. The molecule has 1 atom stereocenters. The fourth-order valence-corrected chi connectivity index (χ4v) is 1.65. The van der Waals surface area contributed by atoms with Gasteiger partial charge >= 0.3 is 0 Å². The van der Waals surface area contributed by atoms with Crippen LogP contribution in [0.25, 0.3) is 0 Å². The Morgan fingerprint density at radius 3 is 3.40 bits per heavy atom. The number of nitrogens with zero attached hydrogens (tertiary/aromatic N) is 1. The summed E-state index contributed by atoms with van der Waals surface area (Å²) in [4.78, 5) is 4.15. The summed E-state index contributed by atoms with van der Waals surface area (Å²) in [5, 5.41) is 6.15. The topological polar surface area (TPSA) is 34.1 Å². The van der Waals surface area contributed by atoms with Crippen molar-refractivity contribution in [1.29, 1.82) is 0 Å². The molecule has 54 valence electrons. The van der Waals surface area contributed by atoms with E-state index in [9.17, 15) is 0 Å². The van der Waals surface area contributed by atoms with Crippen LogP contribution >= 0.6 is 11.3 Å². The minimum absolute atomic E-state index is 0.194. The summed E-state index contributed by atoms with van der Waals surface area (Å²) in [6.45, 7) is 1.55. The summed E-state index contributed by atoms with van der Waals surface area (Å²) in [5.41, 5.74) is 0. The lowest BCUT2D eigenvalue weighted by molar-refractivity contribution is 0.114. The van der Waals surface area contributed by atoms with Crippen LogP contribution in [0.1, 0.15) is 11.1 Å². The quantitative estimate of drug-likeness (QED) is 0.652. The Morgan fingerprint density at radius 2 is 2.80 bits per heavy atom. The molecule has 1 aromatic heterocycles. The normalized spacial score (nSPS) is 25.4. The number of aromatic nitrogens is 1. The minimum atomic E-state index is 0.194. The number of rotatable bonds is 1.